The molecule has 1 fully saturated rings. The summed E-state index contributed by atoms with van der Waals surface area (Å²) >= 11 is 0. The number of nitrogens with zero attached hydrogens (tertiary/aromatic N) is 1. The maximum Gasteiger partial charge on any atom is 0.333 e. The minimum Gasteiger partial charge on any atom is -0.487 e. The number of para-hydroxylation sites is 1. The van der Waals surface area contributed by atoms with Crippen LogP contribution in [0.5, 0.6) is 5.75 Å². The first kappa shape index (κ1) is 14.6. The summed E-state index contributed by atoms with van der Waals surface area (Å²) in [5, 5.41) is 14.7. The Hall–Kier alpha value is -1.78. The molecule has 1 aromatic carbocycles. The fourth-order valence-electron chi connectivity index (χ4n) is 2.74. The average molecular weight is 278 g/mol. The van der Waals surface area contributed by atoms with Gasteiger partial charge in [-0.2, -0.15) is 0 Å². The van der Waals surface area contributed by atoms with Gasteiger partial charge in [0.1, 0.15) is 5.69 Å². The van der Waals surface area contributed by atoms with Gasteiger partial charge < -0.3 is 10.1 Å². The quantitative estimate of drug-likeness (QED) is 0.499. The number of anilines is 1. The van der Waals surface area contributed by atoms with Crippen molar-refractivity contribution < 1.29 is 9.66 Å². The van der Waals surface area contributed by atoms with Crippen molar-refractivity contribution in [3.63, 3.8) is 0 Å². The van der Waals surface area contributed by atoms with Crippen molar-refractivity contribution >= 4 is 11.4 Å². The molecule has 0 aliphatic heterocycles. The lowest BCUT2D eigenvalue weighted by Gasteiger charge is -2.18. The lowest BCUT2D eigenvalue weighted by Crippen LogP contribution is -2.19. The predicted octanol–water partition coefficient (Wildman–Crippen LogP) is 4.13. The molecule has 0 spiro atoms. The highest BCUT2D eigenvalue weighted by atomic mass is 16.6. The second-order valence-electron chi connectivity index (χ2n) is 5.18. The first-order valence-corrected chi connectivity index (χ1v) is 7.39. The van der Waals surface area contributed by atoms with Gasteiger partial charge in [-0.25, -0.2) is 0 Å². The zero-order valence-electron chi connectivity index (χ0n) is 11.9. The molecular weight excluding hydrogens is 256 g/mol. The third-order valence-corrected chi connectivity index (χ3v) is 3.70. The van der Waals surface area contributed by atoms with Crippen LogP contribution in [0.25, 0.3) is 0 Å². The number of nitro benzene ring substituents is 1. The number of hydrogen-bond acceptors (Lipinski definition) is 4. The molecule has 0 heterocycles. The monoisotopic (exact) mass is 278 g/mol. The molecule has 5 nitrogen and oxygen atoms in total. The Labute approximate surface area is 119 Å². The van der Waals surface area contributed by atoms with Gasteiger partial charge in [0.15, 0.2) is 5.75 Å². The number of ether oxygens (including phenoxy) is 1. The summed E-state index contributed by atoms with van der Waals surface area (Å²) in [6, 6.07) is 5.55. The fraction of sp³-hybridized carbons (Fsp3) is 0.600. The Balaban J connectivity index is 2.21. The predicted molar refractivity (Wildman–Crippen MR) is 79.4 cm³/mol. The molecule has 1 N–H and O–H groups in total. The third kappa shape index (κ3) is 3.62. The number of nitrogens with one attached hydrogen (secondary N) is 1. The molecule has 0 atom stereocenters. The van der Waals surface area contributed by atoms with Crippen LogP contribution in [0.4, 0.5) is 11.4 Å². The lowest BCUT2D eigenvalue weighted by atomic mass is 10.1. The molecule has 1 aliphatic carbocycles. The highest BCUT2D eigenvalue weighted by Gasteiger charge is 2.23. The minimum absolute atomic E-state index is 0.0543. The lowest BCUT2D eigenvalue weighted by molar-refractivity contribution is -0.385. The van der Waals surface area contributed by atoms with Gasteiger partial charge in [0.25, 0.3) is 0 Å². The van der Waals surface area contributed by atoms with Gasteiger partial charge in [-0.05, 0) is 31.9 Å². The maximum atomic E-state index is 11.3. The van der Waals surface area contributed by atoms with Crippen LogP contribution in [0, 0.1) is 10.1 Å². The highest BCUT2D eigenvalue weighted by molar-refractivity contribution is 5.68. The molecule has 1 aliphatic rings. The van der Waals surface area contributed by atoms with Gasteiger partial charge in [0, 0.05) is 6.04 Å². The standard InChI is InChI=1S/C15H22N2O3/c1-2-20-14-11-7-10-13(15(14)17(18)19)16-12-8-5-3-4-6-9-12/h7,10-12,16H,2-6,8-9H2,1H3. The van der Waals surface area contributed by atoms with Crippen molar-refractivity contribution in [2.24, 2.45) is 0 Å². The van der Waals surface area contributed by atoms with E-state index in [2.05, 4.69) is 5.32 Å². The van der Waals surface area contributed by atoms with E-state index < -0.39 is 0 Å². The summed E-state index contributed by atoms with van der Waals surface area (Å²) in [5.74, 6) is 0.344. The SMILES string of the molecule is CCOc1cccc(NC2CCCCCC2)c1[N+](=O)[O-]. The molecule has 110 valence electrons. The van der Waals surface area contributed by atoms with Gasteiger partial charge in [0.05, 0.1) is 11.5 Å². The molecule has 0 aromatic heterocycles. The summed E-state index contributed by atoms with van der Waals surface area (Å²) in [4.78, 5) is 11.0. The fourth-order valence-corrected chi connectivity index (χ4v) is 2.74. The van der Waals surface area contributed by atoms with Crippen LogP contribution in [0.3, 0.4) is 0 Å². The summed E-state index contributed by atoms with van der Waals surface area (Å²) in [7, 11) is 0. The van der Waals surface area contributed by atoms with Crippen LogP contribution in [-0.4, -0.2) is 17.6 Å². The van der Waals surface area contributed by atoms with Crippen LogP contribution < -0.4 is 10.1 Å². The zero-order valence-corrected chi connectivity index (χ0v) is 11.9. The normalized spacial score (nSPS) is 16.4. The Bertz CT molecular complexity index is 454. The molecule has 2 rings (SSSR count). The van der Waals surface area contributed by atoms with Crippen molar-refractivity contribution in [2.75, 3.05) is 11.9 Å². The zero-order chi connectivity index (χ0) is 14.4. The molecule has 0 radical (unpaired) electrons. The molecule has 0 saturated heterocycles. The molecular formula is C15H22N2O3. The van der Waals surface area contributed by atoms with Crippen molar-refractivity contribution in [3.05, 3.63) is 28.3 Å². The Kier molecular flexibility index (Phi) is 5.21. The number of nitro groups is 1. The molecule has 20 heavy (non-hydrogen) atoms. The maximum absolute atomic E-state index is 11.3. The van der Waals surface area contributed by atoms with Crippen molar-refractivity contribution in [1.29, 1.82) is 0 Å². The largest absolute Gasteiger partial charge is 0.487 e. The Morgan fingerprint density at radius 2 is 2.00 bits per heavy atom. The van der Waals surface area contributed by atoms with E-state index in [1.54, 1.807) is 18.2 Å². The summed E-state index contributed by atoms with van der Waals surface area (Å²) in [6.07, 6.45) is 7.07. The van der Waals surface area contributed by atoms with E-state index in [9.17, 15) is 10.1 Å². The third-order valence-electron chi connectivity index (χ3n) is 3.70. The Morgan fingerprint density at radius 1 is 1.30 bits per heavy atom. The molecule has 5 heteroatoms. The van der Waals surface area contributed by atoms with E-state index in [1.165, 1.54) is 25.7 Å². The first-order valence-electron chi connectivity index (χ1n) is 7.39. The van der Waals surface area contributed by atoms with Crippen molar-refractivity contribution in [1.82, 2.24) is 0 Å². The van der Waals surface area contributed by atoms with Crippen LogP contribution in [0.2, 0.25) is 0 Å². The summed E-state index contributed by atoms with van der Waals surface area (Å²) in [5.41, 5.74) is 0.631. The van der Waals surface area contributed by atoms with E-state index in [0.717, 1.165) is 12.8 Å². The van der Waals surface area contributed by atoms with Gasteiger partial charge >= 0.3 is 5.69 Å². The summed E-state index contributed by atoms with van der Waals surface area (Å²) < 4.78 is 5.37. The van der Waals surface area contributed by atoms with Gasteiger partial charge in [-0.3, -0.25) is 10.1 Å². The summed E-state index contributed by atoms with van der Waals surface area (Å²) in [6.45, 7) is 2.25. The second kappa shape index (κ2) is 7.12. The average Bonchev–Trinajstić information content (AvgIpc) is 2.67. The highest BCUT2D eigenvalue weighted by Crippen LogP contribution is 2.36. The van der Waals surface area contributed by atoms with Gasteiger partial charge in [0.2, 0.25) is 0 Å². The molecule has 1 aromatic rings. The molecule has 0 unspecified atom stereocenters. The number of rotatable bonds is 5. The smallest absolute Gasteiger partial charge is 0.333 e. The van der Waals surface area contributed by atoms with Crippen molar-refractivity contribution in [3.8, 4) is 5.75 Å². The number of hydrogen-bond donors (Lipinski definition) is 1. The first-order chi connectivity index (χ1) is 9.72. The minimum atomic E-state index is -0.357. The van der Waals surface area contributed by atoms with Crippen molar-refractivity contribution in [2.45, 2.75) is 51.5 Å². The van der Waals surface area contributed by atoms with E-state index >= 15 is 0 Å². The van der Waals surface area contributed by atoms with E-state index in [-0.39, 0.29) is 10.6 Å². The molecule has 1 saturated carbocycles. The van der Waals surface area contributed by atoms with E-state index in [4.69, 9.17) is 4.74 Å². The second-order valence-corrected chi connectivity index (χ2v) is 5.18. The van der Waals surface area contributed by atoms with Gasteiger partial charge in [-0.15, -0.1) is 0 Å². The van der Waals surface area contributed by atoms with E-state index in [0.29, 0.717) is 24.1 Å². The number of benzene rings is 1. The van der Waals surface area contributed by atoms with Crippen LogP contribution in [0.15, 0.2) is 18.2 Å². The van der Waals surface area contributed by atoms with Crippen LogP contribution in [0.1, 0.15) is 45.4 Å². The van der Waals surface area contributed by atoms with Crippen LogP contribution in [-0.2, 0) is 0 Å². The van der Waals surface area contributed by atoms with Crippen LogP contribution >= 0.6 is 0 Å². The topological polar surface area (TPSA) is 64.4 Å². The molecule has 0 amide bonds. The van der Waals surface area contributed by atoms with Gasteiger partial charge in [-0.1, -0.05) is 31.7 Å². The Morgan fingerprint density at radius 3 is 2.60 bits per heavy atom. The van der Waals surface area contributed by atoms with E-state index in [1.807, 2.05) is 6.92 Å². The molecule has 0 bridgehead atoms.